The van der Waals surface area contributed by atoms with Crippen LogP contribution in [0.1, 0.15) is 68.4 Å². The van der Waals surface area contributed by atoms with Gasteiger partial charge in [0.1, 0.15) is 5.60 Å². The summed E-state index contributed by atoms with van der Waals surface area (Å²) in [6.07, 6.45) is 6.11. The molecule has 1 fully saturated rings. The molecule has 1 atom stereocenters. The molecule has 1 N–H and O–H groups in total. The smallest absolute Gasteiger partial charge is 0.338 e. The molecule has 0 saturated heterocycles. The first kappa shape index (κ1) is 21.5. The molecule has 29 heavy (non-hydrogen) atoms. The minimum atomic E-state index is -0.545. The van der Waals surface area contributed by atoms with Gasteiger partial charge < -0.3 is 10.1 Å². The molecule has 1 aromatic heterocycles. The van der Waals surface area contributed by atoms with Gasteiger partial charge in [-0.15, -0.1) is 0 Å². The molecule has 0 bridgehead atoms. The lowest BCUT2D eigenvalue weighted by Crippen LogP contribution is -2.26. The Kier molecular flexibility index (Phi) is 6.73. The lowest BCUT2D eigenvalue weighted by atomic mass is 9.78. The van der Waals surface area contributed by atoms with E-state index in [0.29, 0.717) is 17.2 Å². The molecule has 0 aliphatic heterocycles. The number of benzene rings is 1. The molecule has 1 aliphatic rings. The zero-order valence-electron chi connectivity index (χ0n) is 17.1. The molecule has 0 spiro atoms. The first-order valence-electron chi connectivity index (χ1n) is 9.97. The number of hydrogen-bond donors (Lipinski definition) is 1. The van der Waals surface area contributed by atoms with Crippen LogP contribution in [0, 0.1) is 5.92 Å². The van der Waals surface area contributed by atoms with Crippen LogP contribution in [-0.2, 0) is 9.53 Å². The van der Waals surface area contributed by atoms with Crippen molar-refractivity contribution in [1.82, 2.24) is 4.98 Å². The topological polar surface area (TPSA) is 68.3 Å². The molecule has 2 aromatic rings. The van der Waals surface area contributed by atoms with Crippen molar-refractivity contribution in [3.05, 3.63) is 58.3 Å². The number of carbonyl (C=O) groups is 2. The maximum Gasteiger partial charge on any atom is 0.338 e. The van der Waals surface area contributed by atoms with Crippen molar-refractivity contribution in [3.8, 4) is 0 Å². The van der Waals surface area contributed by atoms with Gasteiger partial charge >= 0.3 is 5.97 Å². The summed E-state index contributed by atoms with van der Waals surface area (Å²) in [5.41, 5.74) is 1.34. The van der Waals surface area contributed by atoms with Gasteiger partial charge in [0.05, 0.1) is 17.2 Å². The van der Waals surface area contributed by atoms with Crippen LogP contribution in [0.15, 0.2) is 47.1 Å². The zero-order chi connectivity index (χ0) is 21.0. The molecular formula is C23H27BrN2O3. The Hall–Kier alpha value is -2.21. The molecule has 6 heteroatoms. The van der Waals surface area contributed by atoms with Crippen LogP contribution in [-0.4, -0.2) is 22.5 Å². The van der Waals surface area contributed by atoms with Crippen LogP contribution in [0.2, 0.25) is 0 Å². The van der Waals surface area contributed by atoms with Crippen molar-refractivity contribution in [1.29, 1.82) is 0 Å². The van der Waals surface area contributed by atoms with E-state index in [1.165, 1.54) is 19.3 Å². The lowest BCUT2D eigenvalue weighted by Gasteiger charge is -2.29. The number of aromatic nitrogens is 1. The predicted molar refractivity (Wildman–Crippen MR) is 117 cm³/mol. The highest BCUT2D eigenvalue weighted by Crippen LogP contribution is 2.36. The fourth-order valence-corrected chi connectivity index (χ4v) is 3.51. The monoisotopic (exact) mass is 458 g/mol. The molecule has 1 unspecified atom stereocenters. The van der Waals surface area contributed by atoms with E-state index in [4.69, 9.17) is 4.74 Å². The third kappa shape index (κ3) is 6.13. The second kappa shape index (κ2) is 9.08. The number of amides is 1. The van der Waals surface area contributed by atoms with Crippen LogP contribution < -0.4 is 5.32 Å². The minimum absolute atomic E-state index is 0.0725. The summed E-state index contributed by atoms with van der Waals surface area (Å²) in [4.78, 5) is 29.6. The van der Waals surface area contributed by atoms with Crippen molar-refractivity contribution in [2.45, 2.75) is 58.0 Å². The Labute approximate surface area is 180 Å². The largest absolute Gasteiger partial charge is 0.456 e. The number of esters is 1. The van der Waals surface area contributed by atoms with Crippen molar-refractivity contribution in [2.24, 2.45) is 5.92 Å². The van der Waals surface area contributed by atoms with E-state index in [9.17, 15) is 9.59 Å². The van der Waals surface area contributed by atoms with Gasteiger partial charge in [0.15, 0.2) is 0 Å². The van der Waals surface area contributed by atoms with Crippen LogP contribution in [0.25, 0.3) is 0 Å². The molecule has 1 heterocycles. The van der Waals surface area contributed by atoms with Crippen molar-refractivity contribution in [2.75, 3.05) is 5.32 Å². The Bertz CT molecular complexity index is 853. The Morgan fingerprint density at radius 3 is 2.38 bits per heavy atom. The number of ether oxygens (including phenoxy) is 1. The number of anilines is 1. The quantitative estimate of drug-likeness (QED) is 0.562. The summed E-state index contributed by atoms with van der Waals surface area (Å²) in [6.45, 7) is 5.49. The number of carbonyl (C=O) groups excluding carboxylic acids is 2. The standard InChI is InChI=1S/C23H27BrN2O3/c1-23(2,3)29-22(28)16-7-10-18(11-8-16)26-21(27)19(13-15-5-4-6-15)20-12-9-17(24)14-25-20/h7-12,14-15,19H,4-6,13H2,1-3H3,(H,26,27). The minimum Gasteiger partial charge on any atom is -0.456 e. The van der Waals surface area contributed by atoms with Gasteiger partial charge in [0.2, 0.25) is 5.91 Å². The molecule has 0 radical (unpaired) electrons. The van der Waals surface area contributed by atoms with E-state index in [0.717, 1.165) is 16.6 Å². The number of nitrogens with zero attached hydrogens (tertiary/aromatic N) is 1. The normalized spacial score (nSPS) is 15.3. The Balaban J connectivity index is 1.70. The van der Waals surface area contributed by atoms with Crippen molar-refractivity contribution in [3.63, 3.8) is 0 Å². The summed E-state index contributed by atoms with van der Waals surface area (Å²) < 4.78 is 6.27. The van der Waals surface area contributed by atoms with Crippen LogP contribution in [0.3, 0.4) is 0 Å². The number of halogens is 1. The van der Waals surface area contributed by atoms with Gasteiger partial charge in [-0.25, -0.2) is 4.79 Å². The van der Waals surface area contributed by atoms with E-state index >= 15 is 0 Å². The highest BCUT2D eigenvalue weighted by molar-refractivity contribution is 9.10. The Morgan fingerprint density at radius 1 is 1.17 bits per heavy atom. The fraction of sp³-hybridized carbons (Fsp3) is 0.435. The highest BCUT2D eigenvalue weighted by Gasteiger charge is 2.29. The first-order valence-corrected chi connectivity index (χ1v) is 10.8. The average Bonchev–Trinajstić information content (AvgIpc) is 2.61. The number of nitrogens with one attached hydrogen (secondary N) is 1. The van der Waals surface area contributed by atoms with Gasteiger partial charge in [0.25, 0.3) is 0 Å². The Morgan fingerprint density at radius 2 is 1.86 bits per heavy atom. The predicted octanol–water partition coefficient (Wildman–Crippen LogP) is 5.71. The first-order chi connectivity index (χ1) is 13.7. The summed E-state index contributed by atoms with van der Waals surface area (Å²) >= 11 is 3.40. The van der Waals surface area contributed by atoms with Gasteiger partial charge in [-0.1, -0.05) is 19.3 Å². The van der Waals surface area contributed by atoms with Gasteiger partial charge in [-0.3, -0.25) is 9.78 Å². The summed E-state index contributed by atoms with van der Waals surface area (Å²) in [6, 6.07) is 10.6. The maximum absolute atomic E-state index is 13.0. The van der Waals surface area contributed by atoms with E-state index < -0.39 is 5.60 Å². The highest BCUT2D eigenvalue weighted by atomic mass is 79.9. The van der Waals surface area contributed by atoms with E-state index in [-0.39, 0.29) is 17.8 Å². The zero-order valence-corrected chi connectivity index (χ0v) is 18.7. The van der Waals surface area contributed by atoms with Gasteiger partial charge in [-0.2, -0.15) is 0 Å². The van der Waals surface area contributed by atoms with Crippen molar-refractivity contribution >= 4 is 33.5 Å². The molecule has 3 rings (SSSR count). The molecule has 154 valence electrons. The molecule has 1 aliphatic carbocycles. The number of pyridine rings is 1. The second-order valence-corrected chi connectivity index (χ2v) is 9.47. The number of rotatable bonds is 6. The van der Waals surface area contributed by atoms with Gasteiger partial charge in [-0.05, 0) is 85.4 Å². The second-order valence-electron chi connectivity index (χ2n) is 8.55. The summed E-state index contributed by atoms with van der Waals surface area (Å²) in [5, 5.41) is 2.98. The van der Waals surface area contributed by atoms with E-state index in [1.54, 1.807) is 30.5 Å². The molecule has 1 saturated carbocycles. The van der Waals surface area contributed by atoms with Crippen LogP contribution >= 0.6 is 15.9 Å². The van der Waals surface area contributed by atoms with Crippen LogP contribution in [0.4, 0.5) is 5.69 Å². The molecular weight excluding hydrogens is 432 g/mol. The average molecular weight is 459 g/mol. The summed E-state index contributed by atoms with van der Waals surface area (Å²) in [7, 11) is 0. The van der Waals surface area contributed by atoms with Gasteiger partial charge in [0, 0.05) is 16.4 Å². The number of hydrogen-bond acceptors (Lipinski definition) is 4. The van der Waals surface area contributed by atoms with Crippen molar-refractivity contribution < 1.29 is 14.3 Å². The maximum atomic E-state index is 13.0. The third-order valence-electron chi connectivity index (χ3n) is 5.00. The SMILES string of the molecule is CC(C)(C)OC(=O)c1ccc(NC(=O)C(CC2CCC2)c2ccc(Br)cn2)cc1. The molecule has 5 nitrogen and oxygen atoms in total. The molecule has 1 amide bonds. The van der Waals surface area contributed by atoms with E-state index in [1.807, 2.05) is 32.9 Å². The lowest BCUT2D eigenvalue weighted by molar-refractivity contribution is -0.118. The summed E-state index contributed by atoms with van der Waals surface area (Å²) in [5.74, 6) is -0.168. The third-order valence-corrected chi connectivity index (χ3v) is 5.47. The molecule has 1 aromatic carbocycles. The van der Waals surface area contributed by atoms with Crippen LogP contribution in [0.5, 0.6) is 0 Å². The van der Waals surface area contributed by atoms with E-state index in [2.05, 4.69) is 26.2 Å². The fourth-order valence-electron chi connectivity index (χ4n) is 3.27.